The van der Waals surface area contributed by atoms with Crippen LogP contribution in [0.4, 0.5) is 5.00 Å². The molecule has 3 heterocycles. The summed E-state index contributed by atoms with van der Waals surface area (Å²) in [4.78, 5) is 30.6. The van der Waals surface area contributed by atoms with Crippen molar-refractivity contribution in [3.05, 3.63) is 59.7 Å². The zero-order chi connectivity index (χ0) is 20.5. The molecule has 3 aromatic rings. The van der Waals surface area contributed by atoms with Gasteiger partial charge in [-0.25, -0.2) is 0 Å². The van der Waals surface area contributed by atoms with E-state index in [9.17, 15) is 9.59 Å². The number of imide groups is 1. The van der Waals surface area contributed by atoms with E-state index in [1.54, 1.807) is 35.8 Å². The zero-order valence-corrected chi connectivity index (χ0v) is 17.2. The van der Waals surface area contributed by atoms with Gasteiger partial charge in [-0.1, -0.05) is 36.1 Å². The Balaban J connectivity index is 1.15. The molecule has 1 aromatic heterocycles. The van der Waals surface area contributed by atoms with Crippen molar-refractivity contribution in [2.45, 2.75) is 0 Å². The van der Waals surface area contributed by atoms with Crippen molar-refractivity contribution in [3.63, 3.8) is 0 Å². The highest BCUT2D eigenvalue weighted by Gasteiger charge is 2.34. The molecule has 0 radical (unpaired) electrons. The Morgan fingerprint density at radius 2 is 1.47 bits per heavy atom. The number of carbonyl (C=O) groups is 2. The van der Waals surface area contributed by atoms with Crippen LogP contribution in [0.25, 0.3) is 10.9 Å². The summed E-state index contributed by atoms with van der Waals surface area (Å²) in [6.45, 7) is 4.50. The number of fused-ring (bicyclic) bond motifs is 2. The van der Waals surface area contributed by atoms with Crippen molar-refractivity contribution in [2.75, 3.05) is 44.2 Å². The fourth-order valence-electron chi connectivity index (χ4n) is 3.90. The first kappa shape index (κ1) is 18.8. The number of hydrogen-bond acceptors (Lipinski definition) is 6. The Morgan fingerprint density at radius 1 is 0.833 bits per heavy atom. The van der Waals surface area contributed by atoms with Crippen molar-refractivity contribution in [1.29, 1.82) is 0 Å². The van der Waals surface area contributed by atoms with Crippen molar-refractivity contribution in [1.82, 2.24) is 14.2 Å². The molecule has 0 N–H and O–H groups in total. The van der Waals surface area contributed by atoms with Gasteiger partial charge in [-0.3, -0.25) is 19.4 Å². The predicted octanol–water partition coefficient (Wildman–Crippen LogP) is 2.72. The minimum atomic E-state index is -0.254. The molecule has 2 aliphatic heterocycles. The maximum atomic E-state index is 12.4. The van der Waals surface area contributed by atoms with Gasteiger partial charge in [0.1, 0.15) is 5.00 Å². The van der Waals surface area contributed by atoms with Crippen LogP contribution in [0.5, 0.6) is 0 Å². The molecule has 2 aromatic carbocycles. The fraction of sp³-hybridized carbons (Fsp3) is 0.261. The SMILES string of the molecule is O=C1c2ccccc2C(=O)N1CC#CCN1CCN(c2snc3ccccc23)CC1. The highest BCUT2D eigenvalue weighted by atomic mass is 32.1. The van der Waals surface area contributed by atoms with Gasteiger partial charge in [0.05, 0.1) is 29.7 Å². The van der Waals surface area contributed by atoms with E-state index >= 15 is 0 Å². The third-order valence-electron chi connectivity index (χ3n) is 5.57. The molecule has 2 amide bonds. The molecule has 0 aliphatic carbocycles. The molecule has 2 aliphatic rings. The summed E-state index contributed by atoms with van der Waals surface area (Å²) < 4.78 is 4.54. The number of aromatic nitrogens is 1. The van der Waals surface area contributed by atoms with Gasteiger partial charge in [0.2, 0.25) is 0 Å². The number of anilines is 1. The molecule has 150 valence electrons. The van der Waals surface area contributed by atoms with Crippen molar-refractivity contribution >= 4 is 39.3 Å². The van der Waals surface area contributed by atoms with Crippen LogP contribution in [-0.2, 0) is 0 Å². The molecule has 6 nitrogen and oxygen atoms in total. The van der Waals surface area contributed by atoms with Crippen LogP contribution >= 0.6 is 11.5 Å². The average molecular weight is 417 g/mol. The number of nitrogens with zero attached hydrogens (tertiary/aromatic N) is 4. The van der Waals surface area contributed by atoms with Gasteiger partial charge in [-0.15, -0.1) is 0 Å². The Kier molecular flexibility index (Phi) is 4.95. The lowest BCUT2D eigenvalue weighted by Crippen LogP contribution is -2.46. The second-order valence-electron chi connectivity index (χ2n) is 7.36. The molecule has 7 heteroatoms. The molecule has 0 atom stereocenters. The second kappa shape index (κ2) is 7.90. The summed E-state index contributed by atoms with van der Waals surface area (Å²) in [5.74, 6) is 5.63. The van der Waals surface area contributed by atoms with Gasteiger partial charge < -0.3 is 4.90 Å². The second-order valence-corrected chi connectivity index (χ2v) is 8.12. The van der Waals surface area contributed by atoms with Gasteiger partial charge in [0.25, 0.3) is 11.8 Å². The number of carbonyl (C=O) groups excluding carboxylic acids is 2. The summed E-state index contributed by atoms with van der Waals surface area (Å²) in [7, 11) is 0. The van der Waals surface area contributed by atoms with Gasteiger partial charge in [0, 0.05) is 31.6 Å². The molecule has 0 saturated carbocycles. The van der Waals surface area contributed by atoms with Crippen LogP contribution in [0.3, 0.4) is 0 Å². The third kappa shape index (κ3) is 3.34. The van der Waals surface area contributed by atoms with Crippen LogP contribution in [0.15, 0.2) is 48.5 Å². The lowest BCUT2D eigenvalue weighted by molar-refractivity contribution is 0.0675. The number of rotatable bonds is 3. The Hall–Kier alpha value is -3.21. The number of benzene rings is 2. The highest BCUT2D eigenvalue weighted by molar-refractivity contribution is 7.11. The van der Waals surface area contributed by atoms with E-state index in [0.29, 0.717) is 17.7 Å². The quantitative estimate of drug-likeness (QED) is 0.485. The Morgan fingerprint density at radius 3 is 2.20 bits per heavy atom. The fourth-order valence-corrected chi connectivity index (χ4v) is 4.81. The lowest BCUT2D eigenvalue weighted by atomic mass is 10.1. The largest absolute Gasteiger partial charge is 0.359 e. The number of amides is 2. The Bertz CT molecular complexity index is 1150. The molecule has 0 bridgehead atoms. The van der Waals surface area contributed by atoms with Crippen molar-refractivity contribution < 1.29 is 9.59 Å². The number of piperazine rings is 1. The van der Waals surface area contributed by atoms with Crippen LogP contribution in [-0.4, -0.2) is 65.3 Å². The minimum absolute atomic E-state index is 0.138. The maximum absolute atomic E-state index is 12.4. The minimum Gasteiger partial charge on any atom is -0.359 e. The lowest BCUT2D eigenvalue weighted by Gasteiger charge is -2.34. The van der Waals surface area contributed by atoms with E-state index in [1.165, 1.54) is 15.3 Å². The molecule has 0 unspecified atom stereocenters. The van der Waals surface area contributed by atoms with Gasteiger partial charge in [0.15, 0.2) is 0 Å². The van der Waals surface area contributed by atoms with Crippen LogP contribution in [0.1, 0.15) is 20.7 Å². The first-order valence-electron chi connectivity index (χ1n) is 9.95. The topological polar surface area (TPSA) is 56.8 Å². The summed E-state index contributed by atoms with van der Waals surface area (Å²) in [6, 6.07) is 15.2. The van der Waals surface area contributed by atoms with E-state index in [1.807, 2.05) is 6.07 Å². The Labute approximate surface area is 178 Å². The first-order chi connectivity index (χ1) is 14.7. The summed E-state index contributed by atoms with van der Waals surface area (Å²) >= 11 is 1.56. The van der Waals surface area contributed by atoms with Gasteiger partial charge in [-0.2, -0.15) is 4.37 Å². The first-order valence-corrected chi connectivity index (χ1v) is 10.7. The smallest absolute Gasteiger partial charge is 0.262 e. The van der Waals surface area contributed by atoms with E-state index in [0.717, 1.165) is 31.7 Å². The van der Waals surface area contributed by atoms with E-state index in [4.69, 9.17) is 0 Å². The maximum Gasteiger partial charge on any atom is 0.262 e. The summed E-state index contributed by atoms with van der Waals surface area (Å²) in [5.41, 5.74) is 1.99. The zero-order valence-electron chi connectivity index (χ0n) is 16.4. The molecule has 0 spiro atoms. The van der Waals surface area contributed by atoms with Crippen LogP contribution in [0.2, 0.25) is 0 Å². The van der Waals surface area contributed by atoms with Gasteiger partial charge >= 0.3 is 0 Å². The van der Waals surface area contributed by atoms with Crippen LogP contribution < -0.4 is 4.90 Å². The molecular weight excluding hydrogens is 396 g/mol. The molecule has 30 heavy (non-hydrogen) atoms. The molecule has 5 rings (SSSR count). The third-order valence-corrected chi connectivity index (χ3v) is 6.51. The average Bonchev–Trinajstić information content (AvgIpc) is 3.32. The monoisotopic (exact) mass is 416 g/mol. The summed E-state index contributed by atoms with van der Waals surface area (Å²) in [5, 5.41) is 2.46. The van der Waals surface area contributed by atoms with E-state index in [2.05, 4.69) is 44.2 Å². The normalized spacial score (nSPS) is 16.7. The standard InChI is InChI=1S/C23H20N4O2S/c28-21-17-7-1-2-8-18(17)22(29)27(21)12-6-5-11-25-13-15-26(16-14-25)23-19-9-3-4-10-20(19)24-30-23/h1-4,7-10H,11-16H2. The van der Waals surface area contributed by atoms with E-state index in [-0.39, 0.29) is 18.4 Å². The number of hydrogen-bond donors (Lipinski definition) is 0. The highest BCUT2D eigenvalue weighted by Crippen LogP contribution is 2.31. The van der Waals surface area contributed by atoms with Gasteiger partial charge in [-0.05, 0) is 35.8 Å². The summed E-state index contributed by atoms with van der Waals surface area (Å²) in [6.07, 6.45) is 0. The van der Waals surface area contributed by atoms with Crippen molar-refractivity contribution in [3.8, 4) is 11.8 Å². The molecular formula is C23H20N4O2S. The molecule has 1 saturated heterocycles. The van der Waals surface area contributed by atoms with E-state index < -0.39 is 0 Å². The molecule has 1 fully saturated rings. The van der Waals surface area contributed by atoms with Crippen LogP contribution in [0, 0.1) is 11.8 Å². The van der Waals surface area contributed by atoms with Crippen molar-refractivity contribution in [2.24, 2.45) is 0 Å². The predicted molar refractivity (Wildman–Crippen MR) is 118 cm³/mol.